The zero-order valence-corrected chi connectivity index (χ0v) is 14.4. The Labute approximate surface area is 137 Å². The second-order valence-corrected chi connectivity index (χ2v) is 7.06. The number of hydrogen-bond acceptors (Lipinski definition) is 2. The summed E-state index contributed by atoms with van der Waals surface area (Å²) in [5.41, 5.74) is 3.67. The maximum atomic E-state index is 12.4. The number of aryl methyl sites for hydroxylation is 2. The molecule has 0 aliphatic rings. The van der Waals surface area contributed by atoms with Gasteiger partial charge in [-0.25, -0.2) is 0 Å². The Kier molecular flexibility index (Phi) is 5.67. The summed E-state index contributed by atoms with van der Waals surface area (Å²) in [5.74, 6) is 0.0691. The van der Waals surface area contributed by atoms with E-state index in [9.17, 15) is 4.79 Å². The van der Waals surface area contributed by atoms with Crippen molar-refractivity contribution in [2.75, 3.05) is 0 Å². The van der Waals surface area contributed by atoms with Gasteiger partial charge in [0.25, 0.3) is 0 Å². The molecule has 1 amide bonds. The molecule has 2 atom stereocenters. The minimum atomic E-state index is -0.114. The van der Waals surface area contributed by atoms with E-state index in [1.54, 1.807) is 11.8 Å². The maximum absolute atomic E-state index is 12.4. The molecule has 0 aliphatic heterocycles. The second-order valence-electron chi connectivity index (χ2n) is 5.65. The molecule has 0 spiro atoms. The van der Waals surface area contributed by atoms with Crippen molar-refractivity contribution in [3.05, 3.63) is 65.2 Å². The van der Waals surface area contributed by atoms with E-state index in [1.165, 1.54) is 11.1 Å². The first-order valence-electron chi connectivity index (χ1n) is 7.56. The van der Waals surface area contributed by atoms with Crippen LogP contribution in [-0.4, -0.2) is 11.2 Å². The maximum Gasteiger partial charge on any atom is 0.233 e. The fourth-order valence-corrected chi connectivity index (χ4v) is 3.10. The first-order chi connectivity index (χ1) is 10.5. The molecule has 2 nitrogen and oxygen atoms in total. The van der Waals surface area contributed by atoms with Gasteiger partial charge in [-0.1, -0.05) is 36.4 Å². The number of thioether (sulfide) groups is 1. The Hall–Kier alpha value is -1.74. The molecule has 0 aliphatic carbocycles. The lowest BCUT2D eigenvalue weighted by atomic mass is 10.0. The van der Waals surface area contributed by atoms with E-state index in [2.05, 4.69) is 37.4 Å². The number of carbonyl (C=O) groups excluding carboxylic acids is 1. The Balaban J connectivity index is 1.96. The molecule has 0 bridgehead atoms. The lowest BCUT2D eigenvalue weighted by Gasteiger charge is -2.18. The van der Waals surface area contributed by atoms with Gasteiger partial charge in [0.2, 0.25) is 5.91 Å². The van der Waals surface area contributed by atoms with Gasteiger partial charge in [-0.2, -0.15) is 0 Å². The van der Waals surface area contributed by atoms with E-state index in [1.807, 2.05) is 44.2 Å². The molecule has 2 aromatic carbocycles. The van der Waals surface area contributed by atoms with Crippen LogP contribution in [0.15, 0.2) is 53.4 Å². The van der Waals surface area contributed by atoms with Gasteiger partial charge in [0.15, 0.2) is 0 Å². The SMILES string of the molecule is Cc1ccc([C@H](C)NC(=O)[C@@H](C)Sc2ccccc2)cc1C. The van der Waals surface area contributed by atoms with E-state index in [4.69, 9.17) is 0 Å². The molecule has 0 aromatic heterocycles. The minimum absolute atomic E-state index is 0.0191. The summed E-state index contributed by atoms with van der Waals surface area (Å²) >= 11 is 1.58. The van der Waals surface area contributed by atoms with Crippen molar-refractivity contribution in [3.63, 3.8) is 0 Å². The number of rotatable bonds is 5. The molecule has 1 N–H and O–H groups in total. The van der Waals surface area contributed by atoms with Gasteiger partial charge in [-0.15, -0.1) is 11.8 Å². The highest BCUT2D eigenvalue weighted by Crippen LogP contribution is 2.24. The average molecular weight is 313 g/mol. The van der Waals surface area contributed by atoms with Gasteiger partial charge < -0.3 is 5.32 Å². The largest absolute Gasteiger partial charge is 0.349 e. The van der Waals surface area contributed by atoms with Crippen LogP contribution in [0, 0.1) is 13.8 Å². The lowest BCUT2D eigenvalue weighted by molar-refractivity contribution is -0.120. The van der Waals surface area contributed by atoms with E-state index >= 15 is 0 Å². The van der Waals surface area contributed by atoms with Crippen molar-refractivity contribution in [3.8, 4) is 0 Å². The average Bonchev–Trinajstić information content (AvgIpc) is 2.50. The predicted molar refractivity (Wildman–Crippen MR) is 94.2 cm³/mol. The number of amides is 1. The Bertz CT molecular complexity index is 639. The third kappa shape index (κ3) is 4.38. The molecule has 0 saturated heterocycles. The second kappa shape index (κ2) is 7.50. The highest BCUT2D eigenvalue weighted by molar-refractivity contribution is 8.00. The molecule has 2 aromatic rings. The molecule has 2 rings (SSSR count). The van der Waals surface area contributed by atoms with Gasteiger partial charge in [-0.3, -0.25) is 4.79 Å². The van der Waals surface area contributed by atoms with Crippen molar-refractivity contribution < 1.29 is 4.79 Å². The monoisotopic (exact) mass is 313 g/mol. The Morgan fingerprint density at radius 3 is 2.32 bits per heavy atom. The smallest absolute Gasteiger partial charge is 0.233 e. The molecule has 22 heavy (non-hydrogen) atoms. The van der Waals surface area contributed by atoms with Gasteiger partial charge in [0.05, 0.1) is 11.3 Å². The first kappa shape index (κ1) is 16.6. The zero-order chi connectivity index (χ0) is 16.1. The van der Waals surface area contributed by atoms with Gasteiger partial charge >= 0.3 is 0 Å². The van der Waals surface area contributed by atoms with E-state index in [0.717, 1.165) is 10.5 Å². The fraction of sp³-hybridized carbons (Fsp3) is 0.316. The van der Waals surface area contributed by atoms with Crippen LogP contribution in [0.25, 0.3) is 0 Å². The highest BCUT2D eigenvalue weighted by atomic mass is 32.2. The Morgan fingerprint density at radius 1 is 1.00 bits per heavy atom. The third-order valence-corrected chi connectivity index (χ3v) is 4.93. The van der Waals surface area contributed by atoms with Crippen molar-refractivity contribution in [2.45, 2.75) is 43.9 Å². The molecule has 0 unspecified atom stereocenters. The summed E-state index contributed by atoms with van der Waals surface area (Å²) in [6, 6.07) is 16.4. The number of carbonyl (C=O) groups is 1. The summed E-state index contributed by atoms with van der Waals surface area (Å²) in [7, 11) is 0. The first-order valence-corrected chi connectivity index (χ1v) is 8.44. The number of nitrogens with one attached hydrogen (secondary N) is 1. The van der Waals surface area contributed by atoms with Crippen molar-refractivity contribution >= 4 is 17.7 Å². The van der Waals surface area contributed by atoms with Crippen LogP contribution in [0.3, 0.4) is 0 Å². The Morgan fingerprint density at radius 2 is 1.68 bits per heavy atom. The molecular formula is C19H23NOS. The summed E-state index contributed by atoms with van der Waals surface area (Å²) in [6.07, 6.45) is 0. The van der Waals surface area contributed by atoms with Crippen LogP contribution >= 0.6 is 11.8 Å². The van der Waals surface area contributed by atoms with E-state index in [-0.39, 0.29) is 17.2 Å². The van der Waals surface area contributed by atoms with E-state index < -0.39 is 0 Å². The van der Waals surface area contributed by atoms with Crippen LogP contribution in [0.4, 0.5) is 0 Å². The quantitative estimate of drug-likeness (QED) is 0.813. The molecule has 0 heterocycles. The van der Waals surface area contributed by atoms with Gasteiger partial charge in [0.1, 0.15) is 0 Å². The summed E-state index contributed by atoms with van der Waals surface area (Å²) < 4.78 is 0. The van der Waals surface area contributed by atoms with E-state index in [0.29, 0.717) is 0 Å². The highest BCUT2D eigenvalue weighted by Gasteiger charge is 2.17. The topological polar surface area (TPSA) is 29.1 Å². The third-order valence-electron chi connectivity index (χ3n) is 3.82. The number of hydrogen-bond donors (Lipinski definition) is 1. The lowest BCUT2D eigenvalue weighted by Crippen LogP contribution is -2.33. The van der Waals surface area contributed by atoms with Crippen molar-refractivity contribution in [2.24, 2.45) is 0 Å². The molecule has 116 valence electrons. The van der Waals surface area contributed by atoms with Crippen molar-refractivity contribution in [1.29, 1.82) is 0 Å². The van der Waals surface area contributed by atoms with Crippen LogP contribution in [0.2, 0.25) is 0 Å². The number of benzene rings is 2. The summed E-state index contributed by atoms with van der Waals surface area (Å²) in [6.45, 7) is 8.17. The molecular weight excluding hydrogens is 290 g/mol. The zero-order valence-electron chi connectivity index (χ0n) is 13.6. The standard InChI is InChI=1S/C19H23NOS/c1-13-10-11-17(12-14(13)2)15(3)20-19(21)16(4)22-18-8-6-5-7-9-18/h5-12,15-16H,1-4H3,(H,20,21)/t15-,16+/m0/s1. The summed E-state index contributed by atoms with van der Waals surface area (Å²) in [5, 5.41) is 2.99. The minimum Gasteiger partial charge on any atom is -0.349 e. The predicted octanol–water partition coefficient (Wildman–Crippen LogP) is 4.66. The van der Waals surface area contributed by atoms with Crippen LogP contribution in [0.5, 0.6) is 0 Å². The van der Waals surface area contributed by atoms with Gasteiger partial charge in [-0.05, 0) is 56.5 Å². The van der Waals surface area contributed by atoms with Gasteiger partial charge in [0, 0.05) is 4.90 Å². The van der Waals surface area contributed by atoms with Crippen molar-refractivity contribution in [1.82, 2.24) is 5.32 Å². The molecule has 0 fully saturated rings. The normalized spacial score (nSPS) is 13.5. The molecule has 3 heteroatoms. The van der Waals surface area contributed by atoms with Crippen LogP contribution < -0.4 is 5.32 Å². The molecule has 0 radical (unpaired) electrons. The fourth-order valence-electron chi connectivity index (χ4n) is 2.20. The van der Waals surface area contributed by atoms with Crippen LogP contribution in [-0.2, 0) is 4.79 Å². The summed E-state index contributed by atoms with van der Waals surface area (Å²) in [4.78, 5) is 13.5. The molecule has 0 saturated carbocycles. The van der Waals surface area contributed by atoms with Crippen LogP contribution in [0.1, 0.15) is 36.6 Å².